The molecule has 1 amide bonds. The maximum absolute atomic E-state index is 13.1. The Balaban J connectivity index is 1.50. The summed E-state index contributed by atoms with van der Waals surface area (Å²) in [6.45, 7) is 4.00. The van der Waals surface area contributed by atoms with Gasteiger partial charge in [-0.3, -0.25) is 4.79 Å². The minimum atomic E-state index is 0.00572. The molecule has 1 aliphatic carbocycles. The first-order chi connectivity index (χ1) is 12.2. The number of aromatic nitrogens is 2. The zero-order valence-electron chi connectivity index (χ0n) is 14.5. The van der Waals surface area contributed by atoms with E-state index in [1.165, 1.54) is 12.8 Å². The van der Waals surface area contributed by atoms with Gasteiger partial charge in [0.1, 0.15) is 0 Å². The first-order valence-electron chi connectivity index (χ1n) is 9.01. The SMILES string of the molecule is Cc1nnc(-c2ccccc2C(=O)N2CCCC(OCC3CC3)C2)o1. The third kappa shape index (κ3) is 3.74. The van der Waals surface area contributed by atoms with Crippen molar-refractivity contribution >= 4 is 5.91 Å². The highest BCUT2D eigenvalue weighted by molar-refractivity contribution is 6.00. The fourth-order valence-electron chi connectivity index (χ4n) is 3.25. The van der Waals surface area contributed by atoms with Crippen molar-refractivity contribution in [1.82, 2.24) is 15.1 Å². The van der Waals surface area contributed by atoms with Gasteiger partial charge in [0, 0.05) is 26.6 Å². The zero-order chi connectivity index (χ0) is 17.2. The Hall–Kier alpha value is -2.21. The molecule has 0 spiro atoms. The highest BCUT2D eigenvalue weighted by Gasteiger charge is 2.29. The minimum Gasteiger partial charge on any atom is -0.421 e. The lowest BCUT2D eigenvalue weighted by atomic mass is 10.0. The van der Waals surface area contributed by atoms with Crippen molar-refractivity contribution in [2.45, 2.75) is 38.7 Å². The average molecular weight is 341 g/mol. The molecule has 6 heteroatoms. The van der Waals surface area contributed by atoms with Crippen molar-refractivity contribution in [3.05, 3.63) is 35.7 Å². The second-order valence-electron chi connectivity index (χ2n) is 6.96. The van der Waals surface area contributed by atoms with Crippen molar-refractivity contribution < 1.29 is 13.9 Å². The van der Waals surface area contributed by atoms with Crippen LogP contribution in [0, 0.1) is 12.8 Å². The van der Waals surface area contributed by atoms with Gasteiger partial charge < -0.3 is 14.1 Å². The molecule has 4 rings (SSSR count). The largest absolute Gasteiger partial charge is 0.421 e. The van der Waals surface area contributed by atoms with Gasteiger partial charge in [-0.15, -0.1) is 10.2 Å². The molecule has 25 heavy (non-hydrogen) atoms. The molecule has 1 atom stereocenters. The number of rotatable bonds is 5. The lowest BCUT2D eigenvalue weighted by Crippen LogP contribution is -2.43. The molecular formula is C19H23N3O3. The third-order valence-corrected chi connectivity index (χ3v) is 4.84. The van der Waals surface area contributed by atoms with E-state index in [-0.39, 0.29) is 12.0 Å². The van der Waals surface area contributed by atoms with E-state index in [9.17, 15) is 4.79 Å². The van der Waals surface area contributed by atoms with Crippen LogP contribution in [-0.4, -0.2) is 46.8 Å². The second kappa shape index (κ2) is 6.96. The van der Waals surface area contributed by atoms with Gasteiger partial charge in [-0.25, -0.2) is 0 Å². The van der Waals surface area contributed by atoms with Crippen molar-refractivity contribution in [3.8, 4) is 11.5 Å². The standard InChI is InChI=1S/C19H23N3O3/c1-13-20-21-18(25-13)16-6-2-3-7-17(16)19(23)22-10-4-5-15(11-22)24-12-14-8-9-14/h2-3,6-7,14-15H,4-5,8-12H2,1H3. The summed E-state index contributed by atoms with van der Waals surface area (Å²) in [5.74, 6) is 1.63. The van der Waals surface area contributed by atoms with E-state index in [1.54, 1.807) is 6.92 Å². The van der Waals surface area contributed by atoms with E-state index in [0.717, 1.165) is 31.9 Å². The number of benzene rings is 1. The number of carbonyl (C=O) groups excluding carboxylic acids is 1. The predicted octanol–water partition coefficient (Wildman–Crippen LogP) is 3.08. The topological polar surface area (TPSA) is 68.5 Å². The molecule has 1 aliphatic heterocycles. The van der Waals surface area contributed by atoms with Crippen molar-refractivity contribution in [1.29, 1.82) is 0 Å². The van der Waals surface area contributed by atoms with Gasteiger partial charge in [0.15, 0.2) is 0 Å². The van der Waals surface area contributed by atoms with E-state index in [0.29, 0.717) is 29.5 Å². The summed E-state index contributed by atoms with van der Waals surface area (Å²) in [6.07, 6.45) is 4.72. The Morgan fingerprint density at radius 2 is 2.12 bits per heavy atom. The van der Waals surface area contributed by atoms with Crippen molar-refractivity contribution in [2.24, 2.45) is 5.92 Å². The number of nitrogens with zero attached hydrogens (tertiary/aromatic N) is 3. The van der Waals surface area contributed by atoms with E-state index in [1.807, 2.05) is 29.2 Å². The second-order valence-corrected chi connectivity index (χ2v) is 6.96. The van der Waals surface area contributed by atoms with Crippen LogP contribution in [0.3, 0.4) is 0 Å². The predicted molar refractivity (Wildman–Crippen MR) is 92.1 cm³/mol. The normalized spacial score (nSPS) is 20.7. The maximum Gasteiger partial charge on any atom is 0.254 e. The van der Waals surface area contributed by atoms with Crippen LogP contribution in [0.4, 0.5) is 0 Å². The minimum absolute atomic E-state index is 0.00572. The van der Waals surface area contributed by atoms with Crippen LogP contribution in [0.2, 0.25) is 0 Å². The fourth-order valence-corrected chi connectivity index (χ4v) is 3.25. The molecule has 2 aromatic rings. The summed E-state index contributed by atoms with van der Waals surface area (Å²) in [6, 6.07) is 7.42. The fraction of sp³-hybridized carbons (Fsp3) is 0.526. The highest BCUT2D eigenvalue weighted by Crippen LogP contribution is 2.30. The van der Waals surface area contributed by atoms with Crippen LogP contribution < -0.4 is 0 Å². The Bertz CT molecular complexity index is 754. The van der Waals surface area contributed by atoms with Gasteiger partial charge in [-0.2, -0.15) is 0 Å². The van der Waals surface area contributed by atoms with Crippen LogP contribution >= 0.6 is 0 Å². The molecular weight excluding hydrogens is 318 g/mol. The molecule has 2 fully saturated rings. The molecule has 0 N–H and O–H groups in total. The number of likely N-dealkylation sites (tertiary alicyclic amines) is 1. The lowest BCUT2D eigenvalue weighted by molar-refractivity contribution is -0.00240. The Morgan fingerprint density at radius 1 is 1.28 bits per heavy atom. The number of ether oxygens (including phenoxy) is 1. The molecule has 0 bridgehead atoms. The Labute approximate surface area is 147 Å². The third-order valence-electron chi connectivity index (χ3n) is 4.84. The van der Waals surface area contributed by atoms with E-state index < -0.39 is 0 Å². The number of amides is 1. The molecule has 1 aromatic carbocycles. The molecule has 1 unspecified atom stereocenters. The summed E-state index contributed by atoms with van der Waals surface area (Å²) in [5.41, 5.74) is 1.29. The number of piperidine rings is 1. The first kappa shape index (κ1) is 16.3. The molecule has 0 radical (unpaired) electrons. The maximum atomic E-state index is 13.1. The van der Waals surface area contributed by atoms with Crippen LogP contribution in [0.5, 0.6) is 0 Å². The van der Waals surface area contributed by atoms with E-state index in [2.05, 4.69) is 10.2 Å². The highest BCUT2D eigenvalue weighted by atomic mass is 16.5. The molecule has 2 aliphatic rings. The van der Waals surface area contributed by atoms with Crippen LogP contribution in [-0.2, 0) is 4.74 Å². The quantitative estimate of drug-likeness (QED) is 0.836. The van der Waals surface area contributed by atoms with Gasteiger partial charge in [0.05, 0.1) is 17.2 Å². The Morgan fingerprint density at radius 3 is 2.88 bits per heavy atom. The van der Waals surface area contributed by atoms with Gasteiger partial charge in [-0.1, -0.05) is 12.1 Å². The van der Waals surface area contributed by atoms with E-state index in [4.69, 9.17) is 9.15 Å². The molecule has 132 valence electrons. The average Bonchev–Trinajstić information content (AvgIpc) is 3.39. The monoisotopic (exact) mass is 341 g/mol. The van der Waals surface area contributed by atoms with Crippen LogP contribution in [0.25, 0.3) is 11.5 Å². The molecule has 6 nitrogen and oxygen atoms in total. The van der Waals surface area contributed by atoms with Gasteiger partial charge >= 0.3 is 0 Å². The molecule has 1 aromatic heterocycles. The zero-order valence-corrected chi connectivity index (χ0v) is 14.5. The molecule has 1 saturated carbocycles. The summed E-state index contributed by atoms with van der Waals surface area (Å²) in [7, 11) is 0. The molecule has 2 heterocycles. The van der Waals surface area contributed by atoms with Gasteiger partial charge in [-0.05, 0) is 43.7 Å². The number of aryl methyl sites for hydroxylation is 1. The van der Waals surface area contributed by atoms with E-state index >= 15 is 0 Å². The van der Waals surface area contributed by atoms with Crippen molar-refractivity contribution in [2.75, 3.05) is 19.7 Å². The summed E-state index contributed by atoms with van der Waals surface area (Å²) in [5, 5.41) is 7.94. The Kier molecular flexibility index (Phi) is 4.53. The summed E-state index contributed by atoms with van der Waals surface area (Å²) in [4.78, 5) is 15.0. The smallest absolute Gasteiger partial charge is 0.254 e. The van der Waals surface area contributed by atoms with Gasteiger partial charge in [0.25, 0.3) is 5.91 Å². The van der Waals surface area contributed by atoms with Crippen LogP contribution in [0.1, 0.15) is 41.9 Å². The van der Waals surface area contributed by atoms with Crippen LogP contribution in [0.15, 0.2) is 28.7 Å². The van der Waals surface area contributed by atoms with Gasteiger partial charge in [0.2, 0.25) is 11.8 Å². The first-order valence-corrected chi connectivity index (χ1v) is 9.01. The summed E-state index contributed by atoms with van der Waals surface area (Å²) < 4.78 is 11.5. The number of carbonyl (C=O) groups is 1. The molecule has 1 saturated heterocycles. The van der Waals surface area contributed by atoms with Crippen molar-refractivity contribution in [3.63, 3.8) is 0 Å². The lowest BCUT2D eigenvalue weighted by Gasteiger charge is -2.33. The number of hydrogen-bond donors (Lipinski definition) is 0. The number of hydrogen-bond acceptors (Lipinski definition) is 5. The summed E-state index contributed by atoms with van der Waals surface area (Å²) >= 11 is 0.